The summed E-state index contributed by atoms with van der Waals surface area (Å²) < 4.78 is 15.3. The van der Waals surface area contributed by atoms with E-state index in [0.717, 1.165) is 12.0 Å². The minimum atomic E-state index is -0.423. The van der Waals surface area contributed by atoms with Crippen LogP contribution in [0.15, 0.2) is 18.2 Å². The molecule has 1 N–H and O–H groups in total. The molecule has 0 amide bonds. The molecule has 0 aliphatic rings. The van der Waals surface area contributed by atoms with Gasteiger partial charge in [-0.15, -0.1) is 0 Å². The molecule has 0 fully saturated rings. The Hall–Kier alpha value is -1.26. The van der Waals surface area contributed by atoms with Crippen molar-refractivity contribution in [3.8, 4) is 11.5 Å². The predicted molar refractivity (Wildman–Crippen MR) is 65.7 cm³/mol. The minimum Gasteiger partial charge on any atom is -0.493 e. The van der Waals surface area contributed by atoms with Gasteiger partial charge in [0.2, 0.25) is 0 Å². The summed E-state index contributed by atoms with van der Waals surface area (Å²) in [5.74, 6) is 1.43. The number of benzene rings is 1. The molecule has 0 spiro atoms. The third-order valence-corrected chi connectivity index (χ3v) is 2.57. The number of ether oxygens (including phenoxy) is 3. The Morgan fingerprint density at radius 3 is 2.41 bits per heavy atom. The van der Waals surface area contributed by atoms with Gasteiger partial charge in [-0.25, -0.2) is 0 Å². The first kappa shape index (κ1) is 13.8. The van der Waals surface area contributed by atoms with Gasteiger partial charge < -0.3 is 19.3 Å². The predicted octanol–water partition coefficient (Wildman–Crippen LogP) is 1.64. The van der Waals surface area contributed by atoms with Gasteiger partial charge in [-0.3, -0.25) is 0 Å². The van der Waals surface area contributed by atoms with E-state index in [2.05, 4.69) is 0 Å². The van der Waals surface area contributed by atoms with Gasteiger partial charge in [0.15, 0.2) is 11.5 Å². The molecule has 17 heavy (non-hydrogen) atoms. The lowest BCUT2D eigenvalue weighted by atomic mass is 10.1. The van der Waals surface area contributed by atoms with E-state index >= 15 is 0 Å². The van der Waals surface area contributed by atoms with Crippen LogP contribution >= 0.6 is 0 Å². The van der Waals surface area contributed by atoms with E-state index in [1.807, 2.05) is 18.2 Å². The normalized spacial score (nSPS) is 12.2. The summed E-state index contributed by atoms with van der Waals surface area (Å²) in [5.41, 5.74) is 1.11. The molecule has 4 nitrogen and oxygen atoms in total. The number of aliphatic hydroxyl groups is 1. The summed E-state index contributed by atoms with van der Waals surface area (Å²) in [6, 6.07) is 5.77. The lowest BCUT2D eigenvalue weighted by molar-refractivity contribution is 0.0595. The topological polar surface area (TPSA) is 47.9 Å². The molecule has 0 bridgehead atoms. The first-order valence-corrected chi connectivity index (χ1v) is 5.59. The monoisotopic (exact) mass is 240 g/mol. The highest BCUT2D eigenvalue weighted by Crippen LogP contribution is 2.28. The van der Waals surface area contributed by atoms with Crippen molar-refractivity contribution in [2.45, 2.75) is 18.9 Å². The van der Waals surface area contributed by atoms with Crippen LogP contribution < -0.4 is 9.47 Å². The van der Waals surface area contributed by atoms with E-state index in [0.29, 0.717) is 24.5 Å². The fraction of sp³-hybridized carbons (Fsp3) is 0.538. The Kier molecular flexibility index (Phi) is 5.80. The zero-order chi connectivity index (χ0) is 12.7. The van der Waals surface area contributed by atoms with Crippen LogP contribution in [0.1, 0.15) is 12.0 Å². The zero-order valence-electron chi connectivity index (χ0n) is 10.6. The van der Waals surface area contributed by atoms with Crippen molar-refractivity contribution in [2.24, 2.45) is 0 Å². The molecule has 1 atom stereocenters. The summed E-state index contributed by atoms with van der Waals surface area (Å²) in [7, 11) is 4.81. The molecule has 0 saturated heterocycles. The van der Waals surface area contributed by atoms with Crippen molar-refractivity contribution in [3.05, 3.63) is 23.8 Å². The van der Waals surface area contributed by atoms with Gasteiger partial charge in [-0.05, 0) is 30.5 Å². The Morgan fingerprint density at radius 2 is 1.82 bits per heavy atom. The molecule has 1 rings (SSSR count). The van der Waals surface area contributed by atoms with Crippen LogP contribution in [-0.4, -0.2) is 39.1 Å². The molecule has 0 saturated carbocycles. The second-order valence-electron chi connectivity index (χ2n) is 3.84. The lowest BCUT2D eigenvalue weighted by Gasteiger charge is -2.11. The van der Waals surface area contributed by atoms with E-state index < -0.39 is 6.10 Å². The summed E-state index contributed by atoms with van der Waals surface area (Å²) >= 11 is 0. The van der Waals surface area contributed by atoms with Crippen LogP contribution in [0.2, 0.25) is 0 Å². The van der Waals surface area contributed by atoms with Crippen molar-refractivity contribution in [3.63, 3.8) is 0 Å². The standard InChI is InChI=1S/C13H20O4/c1-15-9-11(14)6-4-10-5-7-12(16-2)13(8-10)17-3/h5,7-8,11,14H,4,6,9H2,1-3H3. The van der Waals surface area contributed by atoms with Crippen LogP contribution in [0.4, 0.5) is 0 Å². The van der Waals surface area contributed by atoms with Gasteiger partial charge in [-0.2, -0.15) is 0 Å². The fourth-order valence-electron chi connectivity index (χ4n) is 1.65. The summed E-state index contributed by atoms with van der Waals surface area (Å²) in [5, 5.41) is 9.56. The van der Waals surface area contributed by atoms with E-state index in [1.165, 1.54) is 0 Å². The van der Waals surface area contributed by atoms with Crippen molar-refractivity contribution in [1.82, 2.24) is 0 Å². The van der Waals surface area contributed by atoms with Crippen molar-refractivity contribution < 1.29 is 19.3 Å². The maximum atomic E-state index is 9.56. The summed E-state index contributed by atoms with van der Waals surface area (Å²) in [6.45, 7) is 0.368. The molecule has 0 aliphatic heterocycles. The molecule has 96 valence electrons. The lowest BCUT2D eigenvalue weighted by Crippen LogP contribution is -2.14. The van der Waals surface area contributed by atoms with Gasteiger partial charge in [0.05, 0.1) is 26.9 Å². The van der Waals surface area contributed by atoms with E-state index in [4.69, 9.17) is 14.2 Å². The van der Waals surface area contributed by atoms with Crippen molar-refractivity contribution in [2.75, 3.05) is 27.9 Å². The van der Waals surface area contributed by atoms with Crippen molar-refractivity contribution in [1.29, 1.82) is 0 Å². The maximum absolute atomic E-state index is 9.56. The molecule has 0 radical (unpaired) electrons. The first-order valence-electron chi connectivity index (χ1n) is 5.59. The first-order chi connectivity index (χ1) is 8.21. The highest BCUT2D eigenvalue weighted by Gasteiger charge is 2.07. The zero-order valence-corrected chi connectivity index (χ0v) is 10.6. The molecular formula is C13H20O4. The molecule has 1 aromatic rings. The van der Waals surface area contributed by atoms with E-state index in [1.54, 1.807) is 21.3 Å². The van der Waals surface area contributed by atoms with Gasteiger partial charge in [0, 0.05) is 7.11 Å². The van der Waals surface area contributed by atoms with Gasteiger partial charge in [-0.1, -0.05) is 6.07 Å². The van der Waals surface area contributed by atoms with E-state index in [-0.39, 0.29) is 0 Å². The van der Waals surface area contributed by atoms with Gasteiger partial charge >= 0.3 is 0 Å². The molecule has 1 unspecified atom stereocenters. The maximum Gasteiger partial charge on any atom is 0.160 e. The molecule has 0 aliphatic carbocycles. The highest BCUT2D eigenvalue weighted by molar-refractivity contribution is 5.42. The summed E-state index contributed by atoms with van der Waals surface area (Å²) in [6.07, 6.45) is 1.03. The minimum absolute atomic E-state index is 0.368. The molecule has 1 aromatic carbocycles. The SMILES string of the molecule is COCC(O)CCc1ccc(OC)c(OC)c1. The number of methoxy groups -OCH3 is 3. The smallest absolute Gasteiger partial charge is 0.160 e. The Labute approximate surface area is 102 Å². The second kappa shape index (κ2) is 7.14. The highest BCUT2D eigenvalue weighted by atomic mass is 16.5. The largest absolute Gasteiger partial charge is 0.493 e. The molecular weight excluding hydrogens is 220 g/mol. The average Bonchev–Trinajstić information content (AvgIpc) is 2.36. The van der Waals surface area contributed by atoms with Crippen LogP contribution in [0.3, 0.4) is 0 Å². The van der Waals surface area contributed by atoms with Crippen molar-refractivity contribution >= 4 is 0 Å². The number of rotatable bonds is 7. The Morgan fingerprint density at radius 1 is 1.12 bits per heavy atom. The number of hydrogen-bond acceptors (Lipinski definition) is 4. The summed E-state index contributed by atoms with van der Waals surface area (Å²) in [4.78, 5) is 0. The Bertz CT molecular complexity index is 338. The number of aryl methyl sites for hydroxylation is 1. The van der Waals surface area contributed by atoms with Crippen LogP contribution in [0.5, 0.6) is 11.5 Å². The van der Waals surface area contributed by atoms with Gasteiger partial charge in [0.25, 0.3) is 0 Å². The quantitative estimate of drug-likeness (QED) is 0.787. The molecule has 0 heterocycles. The van der Waals surface area contributed by atoms with E-state index in [9.17, 15) is 5.11 Å². The van der Waals surface area contributed by atoms with Crippen LogP contribution in [0.25, 0.3) is 0 Å². The fourth-order valence-corrected chi connectivity index (χ4v) is 1.65. The molecule has 4 heteroatoms. The van der Waals surface area contributed by atoms with Gasteiger partial charge in [0.1, 0.15) is 0 Å². The molecule has 0 aromatic heterocycles. The average molecular weight is 240 g/mol. The van der Waals surface area contributed by atoms with Crippen LogP contribution in [0, 0.1) is 0 Å². The second-order valence-corrected chi connectivity index (χ2v) is 3.84. The number of aliphatic hydroxyl groups excluding tert-OH is 1. The third-order valence-electron chi connectivity index (χ3n) is 2.57. The Balaban J connectivity index is 2.60. The number of hydrogen-bond donors (Lipinski definition) is 1. The van der Waals surface area contributed by atoms with Crippen LogP contribution in [-0.2, 0) is 11.2 Å². The third kappa shape index (κ3) is 4.24.